The van der Waals surface area contributed by atoms with E-state index in [0.29, 0.717) is 5.82 Å². The molecule has 0 unspecified atom stereocenters. The Bertz CT molecular complexity index is 601. The van der Waals surface area contributed by atoms with Crippen LogP contribution in [0.2, 0.25) is 0 Å². The Labute approximate surface area is 106 Å². The molecule has 0 aliphatic carbocycles. The summed E-state index contributed by atoms with van der Waals surface area (Å²) in [6.07, 6.45) is 2.15. The molecule has 2 heterocycles. The highest BCUT2D eigenvalue weighted by Crippen LogP contribution is 2.33. The van der Waals surface area contributed by atoms with Gasteiger partial charge < -0.3 is 10.5 Å². The van der Waals surface area contributed by atoms with Gasteiger partial charge in [0.25, 0.3) is 0 Å². The Morgan fingerprint density at radius 3 is 2.94 bits per heavy atom. The van der Waals surface area contributed by atoms with E-state index in [1.54, 1.807) is 0 Å². The lowest BCUT2D eigenvalue weighted by Crippen LogP contribution is -2.08. The van der Waals surface area contributed by atoms with Crippen molar-refractivity contribution < 1.29 is 4.74 Å². The highest BCUT2D eigenvalue weighted by atomic mass is 16.5. The molecule has 2 aromatic rings. The van der Waals surface area contributed by atoms with E-state index in [9.17, 15) is 0 Å². The van der Waals surface area contributed by atoms with Crippen molar-refractivity contribution in [2.45, 2.75) is 19.8 Å². The van der Waals surface area contributed by atoms with Crippen LogP contribution in [0.15, 0.2) is 18.2 Å². The monoisotopic (exact) mass is 243 g/mol. The summed E-state index contributed by atoms with van der Waals surface area (Å²) in [5, 5.41) is 4.26. The van der Waals surface area contributed by atoms with Gasteiger partial charge in [-0.3, -0.25) is 4.68 Å². The van der Waals surface area contributed by atoms with Crippen LogP contribution in [-0.4, -0.2) is 16.4 Å². The summed E-state index contributed by atoms with van der Waals surface area (Å²) in [7, 11) is 1.91. The van der Waals surface area contributed by atoms with E-state index in [2.05, 4.69) is 17.2 Å². The topological polar surface area (TPSA) is 53.1 Å². The first-order valence-electron chi connectivity index (χ1n) is 6.22. The molecule has 0 radical (unpaired) electrons. The van der Waals surface area contributed by atoms with Gasteiger partial charge in [0.05, 0.1) is 6.61 Å². The first-order chi connectivity index (χ1) is 8.66. The van der Waals surface area contributed by atoms with Crippen LogP contribution in [0.3, 0.4) is 0 Å². The molecule has 0 spiro atoms. The third kappa shape index (κ3) is 1.65. The third-order valence-electron chi connectivity index (χ3n) is 3.56. The van der Waals surface area contributed by atoms with E-state index < -0.39 is 0 Å². The minimum absolute atomic E-state index is 0.590. The van der Waals surface area contributed by atoms with Crippen LogP contribution in [0.4, 0.5) is 5.82 Å². The molecule has 0 atom stereocenters. The van der Waals surface area contributed by atoms with Gasteiger partial charge in [0.15, 0.2) is 5.82 Å². The number of nitrogens with two attached hydrogens (primary N) is 1. The van der Waals surface area contributed by atoms with Gasteiger partial charge in [-0.25, -0.2) is 0 Å². The molecule has 0 bridgehead atoms. The molecule has 94 valence electrons. The molecule has 0 saturated heterocycles. The lowest BCUT2D eigenvalue weighted by molar-refractivity contribution is 0.288. The molecule has 4 heteroatoms. The van der Waals surface area contributed by atoms with Crippen molar-refractivity contribution in [3.63, 3.8) is 0 Å². The molecule has 0 saturated carbocycles. The zero-order valence-corrected chi connectivity index (χ0v) is 10.7. The number of benzene rings is 1. The molecule has 2 N–H and O–H groups in total. The second-order valence-electron chi connectivity index (χ2n) is 4.74. The van der Waals surface area contributed by atoms with Crippen molar-refractivity contribution in [2.75, 3.05) is 12.3 Å². The minimum atomic E-state index is 0.590. The third-order valence-corrected chi connectivity index (χ3v) is 3.56. The molecule has 0 amide bonds. The average molecular weight is 243 g/mol. The van der Waals surface area contributed by atoms with E-state index >= 15 is 0 Å². The summed E-state index contributed by atoms with van der Waals surface area (Å²) in [6.45, 7) is 2.86. The number of aryl methyl sites for hydroxylation is 2. The summed E-state index contributed by atoms with van der Waals surface area (Å²) in [5.74, 6) is 1.59. The Morgan fingerprint density at radius 2 is 2.22 bits per heavy atom. The zero-order chi connectivity index (χ0) is 12.7. The molecule has 18 heavy (non-hydrogen) atoms. The molecule has 3 rings (SSSR count). The van der Waals surface area contributed by atoms with Gasteiger partial charge in [-0.2, -0.15) is 5.10 Å². The first-order valence-corrected chi connectivity index (χ1v) is 6.22. The van der Waals surface area contributed by atoms with Crippen LogP contribution in [0.5, 0.6) is 5.75 Å². The molecule has 1 aromatic carbocycles. The summed E-state index contributed by atoms with van der Waals surface area (Å²) in [6, 6.07) is 6.27. The van der Waals surface area contributed by atoms with Crippen molar-refractivity contribution in [1.29, 1.82) is 0 Å². The van der Waals surface area contributed by atoms with Gasteiger partial charge in [0.1, 0.15) is 5.75 Å². The molecular weight excluding hydrogens is 226 g/mol. The van der Waals surface area contributed by atoms with Crippen LogP contribution in [0.25, 0.3) is 11.1 Å². The number of ether oxygens (including phenoxy) is 1. The second-order valence-corrected chi connectivity index (χ2v) is 4.74. The van der Waals surface area contributed by atoms with Crippen molar-refractivity contribution in [3.8, 4) is 16.9 Å². The number of rotatable bonds is 1. The lowest BCUT2D eigenvalue weighted by Gasteiger charge is -2.18. The molecule has 0 fully saturated rings. The molecular formula is C14H17N3O. The molecule has 1 aliphatic heterocycles. The van der Waals surface area contributed by atoms with Gasteiger partial charge in [-0.15, -0.1) is 0 Å². The van der Waals surface area contributed by atoms with Crippen LogP contribution in [0, 0.1) is 6.92 Å². The van der Waals surface area contributed by atoms with E-state index in [-0.39, 0.29) is 0 Å². The SMILES string of the molecule is Cc1c(-c2ccc3c(c2)CCCO3)c(N)nn1C. The fourth-order valence-electron chi connectivity index (χ4n) is 2.51. The summed E-state index contributed by atoms with van der Waals surface area (Å²) in [4.78, 5) is 0. The molecule has 1 aromatic heterocycles. The zero-order valence-electron chi connectivity index (χ0n) is 10.7. The quantitative estimate of drug-likeness (QED) is 0.836. The van der Waals surface area contributed by atoms with Gasteiger partial charge in [-0.05, 0) is 43.0 Å². The van der Waals surface area contributed by atoms with Crippen LogP contribution in [0.1, 0.15) is 17.7 Å². The number of nitrogens with zero attached hydrogens (tertiary/aromatic N) is 2. The Hall–Kier alpha value is -1.97. The fraction of sp³-hybridized carbons (Fsp3) is 0.357. The second kappa shape index (κ2) is 4.05. The predicted molar refractivity (Wildman–Crippen MR) is 71.6 cm³/mol. The number of hydrogen-bond donors (Lipinski definition) is 1. The maximum atomic E-state index is 5.99. The summed E-state index contributed by atoms with van der Waals surface area (Å²) in [5.41, 5.74) is 10.5. The number of anilines is 1. The van der Waals surface area contributed by atoms with Crippen molar-refractivity contribution in [1.82, 2.24) is 9.78 Å². The standard InChI is InChI=1S/C14H17N3O/c1-9-13(14(15)16-17(9)2)11-5-6-12-10(8-11)4-3-7-18-12/h5-6,8H,3-4,7H2,1-2H3,(H2,15,16). The molecule has 1 aliphatic rings. The number of hydrogen-bond acceptors (Lipinski definition) is 3. The first kappa shape index (κ1) is 11.1. The van der Waals surface area contributed by atoms with Crippen molar-refractivity contribution in [2.24, 2.45) is 7.05 Å². The van der Waals surface area contributed by atoms with E-state index in [1.165, 1.54) is 5.56 Å². The van der Waals surface area contributed by atoms with Gasteiger partial charge in [0.2, 0.25) is 0 Å². The van der Waals surface area contributed by atoms with Gasteiger partial charge in [0, 0.05) is 18.3 Å². The number of nitrogen functional groups attached to an aromatic ring is 1. The maximum Gasteiger partial charge on any atom is 0.153 e. The van der Waals surface area contributed by atoms with Crippen LogP contribution >= 0.6 is 0 Å². The van der Waals surface area contributed by atoms with Gasteiger partial charge >= 0.3 is 0 Å². The van der Waals surface area contributed by atoms with Crippen LogP contribution < -0.4 is 10.5 Å². The fourth-order valence-corrected chi connectivity index (χ4v) is 2.51. The predicted octanol–water partition coefficient (Wildman–Crippen LogP) is 2.30. The highest BCUT2D eigenvalue weighted by Gasteiger charge is 2.16. The molecule has 4 nitrogen and oxygen atoms in total. The van der Waals surface area contributed by atoms with E-state index in [1.807, 2.05) is 24.7 Å². The van der Waals surface area contributed by atoms with Gasteiger partial charge in [-0.1, -0.05) is 6.07 Å². The average Bonchev–Trinajstić information content (AvgIpc) is 2.63. The van der Waals surface area contributed by atoms with E-state index in [0.717, 1.165) is 42.0 Å². The Kier molecular flexibility index (Phi) is 2.51. The van der Waals surface area contributed by atoms with E-state index in [4.69, 9.17) is 10.5 Å². The van der Waals surface area contributed by atoms with Crippen LogP contribution in [-0.2, 0) is 13.5 Å². The smallest absolute Gasteiger partial charge is 0.153 e. The Morgan fingerprint density at radius 1 is 1.39 bits per heavy atom. The summed E-state index contributed by atoms with van der Waals surface area (Å²) < 4.78 is 7.45. The number of fused-ring (bicyclic) bond motifs is 1. The highest BCUT2D eigenvalue weighted by molar-refractivity contribution is 5.77. The normalized spacial score (nSPS) is 14.1. The largest absolute Gasteiger partial charge is 0.493 e. The van der Waals surface area contributed by atoms with Crippen molar-refractivity contribution in [3.05, 3.63) is 29.5 Å². The van der Waals surface area contributed by atoms with Crippen molar-refractivity contribution >= 4 is 5.82 Å². The number of aromatic nitrogens is 2. The Balaban J connectivity index is 2.12. The minimum Gasteiger partial charge on any atom is -0.493 e. The lowest BCUT2D eigenvalue weighted by atomic mass is 9.99. The summed E-state index contributed by atoms with van der Waals surface area (Å²) >= 11 is 0. The maximum absolute atomic E-state index is 5.99.